The fraction of sp³-hybridized carbons (Fsp3) is 0.286. The number of carbonyl (C=O) groups is 1. The molecule has 10 nitrogen and oxygen atoms in total. The number of aryl methyl sites for hydroxylation is 1. The van der Waals surface area contributed by atoms with Crippen molar-refractivity contribution >= 4 is 29.0 Å². The summed E-state index contributed by atoms with van der Waals surface area (Å²) in [6.45, 7) is 3.53. The molecule has 4 aromatic rings. The van der Waals surface area contributed by atoms with Crippen molar-refractivity contribution in [2.75, 3.05) is 44.6 Å². The maximum Gasteiger partial charge on any atom is 0.387 e. The summed E-state index contributed by atoms with van der Waals surface area (Å²) in [5.74, 6) is 1.59. The van der Waals surface area contributed by atoms with Crippen LogP contribution in [0.25, 0.3) is 16.9 Å². The number of ether oxygens (including phenoxy) is 1. The Morgan fingerprint density at radius 3 is 2.58 bits per heavy atom. The van der Waals surface area contributed by atoms with E-state index in [1.165, 1.54) is 12.1 Å². The van der Waals surface area contributed by atoms with Crippen molar-refractivity contribution in [1.29, 1.82) is 0 Å². The molecule has 4 heterocycles. The molecule has 2 aliphatic heterocycles. The predicted octanol–water partition coefficient (Wildman–Crippen LogP) is 3.77. The Bertz CT molecular complexity index is 1560. The molecule has 40 heavy (non-hydrogen) atoms. The van der Waals surface area contributed by atoms with Crippen molar-refractivity contribution in [1.82, 2.24) is 29.5 Å². The summed E-state index contributed by atoms with van der Waals surface area (Å²) < 4.78 is 31.3. The minimum atomic E-state index is -2.87. The molecule has 0 saturated carbocycles. The lowest BCUT2D eigenvalue weighted by molar-refractivity contribution is -0.0498. The molecule has 0 aliphatic carbocycles. The van der Waals surface area contributed by atoms with Crippen LogP contribution in [0.3, 0.4) is 0 Å². The molecule has 1 saturated heterocycles. The fourth-order valence-electron chi connectivity index (χ4n) is 5.04. The highest BCUT2D eigenvalue weighted by Gasteiger charge is 2.25. The summed E-state index contributed by atoms with van der Waals surface area (Å²) in [6.07, 6.45) is 5.15. The van der Waals surface area contributed by atoms with Gasteiger partial charge in [0.2, 0.25) is 0 Å². The van der Waals surface area contributed by atoms with Gasteiger partial charge >= 0.3 is 6.61 Å². The van der Waals surface area contributed by atoms with Crippen LogP contribution in [-0.2, 0) is 0 Å². The molecule has 12 heteroatoms. The largest absolute Gasteiger partial charge is 0.435 e. The van der Waals surface area contributed by atoms with Crippen LogP contribution in [0.5, 0.6) is 5.75 Å². The van der Waals surface area contributed by atoms with Crippen molar-refractivity contribution in [3.8, 4) is 17.0 Å². The number of alkyl halides is 2. The van der Waals surface area contributed by atoms with Crippen LogP contribution in [0.2, 0.25) is 0 Å². The second-order valence-corrected chi connectivity index (χ2v) is 9.58. The number of aromatic nitrogens is 3. The first-order chi connectivity index (χ1) is 19.5. The molecule has 6 rings (SSSR count). The van der Waals surface area contributed by atoms with Crippen LogP contribution < -0.4 is 15.4 Å². The van der Waals surface area contributed by atoms with Gasteiger partial charge in [-0.3, -0.25) is 14.2 Å². The van der Waals surface area contributed by atoms with Crippen LogP contribution in [0.4, 0.5) is 20.3 Å². The summed E-state index contributed by atoms with van der Waals surface area (Å²) in [4.78, 5) is 30.8. The first-order valence-electron chi connectivity index (χ1n) is 13.0. The molecule has 2 aromatic heterocycles. The zero-order valence-electron chi connectivity index (χ0n) is 21.8. The summed E-state index contributed by atoms with van der Waals surface area (Å²) in [7, 11) is 0. The van der Waals surface area contributed by atoms with E-state index in [-0.39, 0.29) is 11.7 Å². The molecule has 2 aliphatic rings. The first kappa shape index (κ1) is 25.5. The molecule has 1 fully saturated rings. The summed E-state index contributed by atoms with van der Waals surface area (Å²) in [5.41, 5.74) is 4.48. The number of anilines is 2. The number of nitrogens with one attached hydrogen (secondary N) is 2. The molecule has 0 atom stereocenters. The fourth-order valence-corrected chi connectivity index (χ4v) is 5.04. The third kappa shape index (κ3) is 5.12. The standard InChI is InChI=1S/C28H28F2N8O2/c1-18-16-20(4-7-22(18)26(39)36-12-14-37(15-13-36)28-32-8-9-33-28)35-24-25-34-17-23(38(25)11-10-31-24)19-2-5-21(6-3-19)40-27(29)30/h2-7,10-11,16-17,27H,8-9,12-15H2,1H3,(H,31,35)(H,32,33). The van der Waals surface area contributed by atoms with Gasteiger partial charge in [-0.15, -0.1) is 0 Å². The normalized spacial score (nSPS) is 15.3. The third-order valence-corrected chi connectivity index (χ3v) is 7.05. The number of guanidine groups is 1. The molecular weight excluding hydrogens is 518 g/mol. The van der Waals surface area contributed by atoms with Gasteiger partial charge in [0.1, 0.15) is 5.75 Å². The maximum absolute atomic E-state index is 13.3. The Kier molecular flexibility index (Phi) is 6.89. The number of amides is 1. The van der Waals surface area contributed by atoms with E-state index in [9.17, 15) is 13.6 Å². The quantitative estimate of drug-likeness (QED) is 0.380. The van der Waals surface area contributed by atoms with E-state index in [1.807, 2.05) is 34.4 Å². The number of rotatable bonds is 6. The second-order valence-electron chi connectivity index (χ2n) is 9.58. The number of aliphatic imine (C=N–C) groups is 1. The summed E-state index contributed by atoms with van der Waals surface area (Å²) in [6, 6.07) is 12.0. The molecule has 0 radical (unpaired) electrons. The van der Waals surface area contributed by atoms with Gasteiger partial charge in [0.25, 0.3) is 5.91 Å². The smallest absolute Gasteiger partial charge is 0.387 e. The zero-order valence-corrected chi connectivity index (χ0v) is 21.8. The second kappa shape index (κ2) is 10.8. The highest BCUT2D eigenvalue weighted by Crippen LogP contribution is 2.28. The van der Waals surface area contributed by atoms with Crippen molar-refractivity contribution in [2.24, 2.45) is 4.99 Å². The van der Waals surface area contributed by atoms with Crippen LogP contribution in [0.15, 0.2) is 66.0 Å². The van der Waals surface area contributed by atoms with Crippen molar-refractivity contribution in [3.05, 3.63) is 72.2 Å². The monoisotopic (exact) mass is 546 g/mol. The molecule has 0 spiro atoms. The van der Waals surface area contributed by atoms with Crippen molar-refractivity contribution in [3.63, 3.8) is 0 Å². The topological polar surface area (TPSA) is 99.4 Å². The Hall–Kier alpha value is -4.74. The van der Waals surface area contributed by atoms with Gasteiger partial charge in [-0.1, -0.05) is 0 Å². The third-order valence-electron chi connectivity index (χ3n) is 7.05. The molecule has 1 amide bonds. The summed E-state index contributed by atoms with van der Waals surface area (Å²) in [5, 5.41) is 6.61. The number of fused-ring (bicyclic) bond motifs is 1. The Morgan fingerprint density at radius 2 is 1.88 bits per heavy atom. The molecule has 206 valence electrons. The molecule has 0 bridgehead atoms. The van der Waals surface area contributed by atoms with Crippen LogP contribution in [0, 0.1) is 6.92 Å². The number of benzene rings is 2. The van der Waals surface area contributed by atoms with E-state index in [0.29, 0.717) is 30.1 Å². The van der Waals surface area contributed by atoms with E-state index >= 15 is 0 Å². The van der Waals surface area contributed by atoms with E-state index < -0.39 is 6.61 Å². The SMILES string of the molecule is Cc1cc(Nc2nccn3c(-c4ccc(OC(F)F)cc4)cnc23)ccc1C(=O)N1CCN(C2=NCCN2)CC1. The summed E-state index contributed by atoms with van der Waals surface area (Å²) >= 11 is 0. The average Bonchev–Trinajstić information content (AvgIpc) is 3.65. The number of hydrogen-bond donors (Lipinski definition) is 2. The Labute approximate surface area is 229 Å². The van der Waals surface area contributed by atoms with Gasteiger partial charge in [0, 0.05) is 61.9 Å². The Balaban J connectivity index is 1.16. The van der Waals surface area contributed by atoms with E-state index in [2.05, 4.69) is 35.2 Å². The van der Waals surface area contributed by atoms with Crippen molar-refractivity contribution < 1.29 is 18.3 Å². The highest BCUT2D eigenvalue weighted by molar-refractivity contribution is 5.96. The highest BCUT2D eigenvalue weighted by atomic mass is 19.3. The molecule has 2 N–H and O–H groups in total. The number of piperazine rings is 1. The van der Waals surface area contributed by atoms with Crippen LogP contribution >= 0.6 is 0 Å². The van der Waals surface area contributed by atoms with Gasteiger partial charge in [0.05, 0.1) is 18.4 Å². The van der Waals surface area contributed by atoms with E-state index in [1.54, 1.807) is 30.7 Å². The number of carbonyl (C=O) groups excluding carboxylic acids is 1. The van der Waals surface area contributed by atoms with Gasteiger partial charge in [-0.2, -0.15) is 8.78 Å². The lowest BCUT2D eigenvalue weighted by Gasteiger charge is -2.36. The number of halogens is 2. The lowest BCUT2D eigenvalue weighted by atomic mass is 10.1. The van der Waals surface area contributed by atoms with Gasteiger partial charge in [0.15, 0.2) is 17.4 Å². The van der Waals surface area contributed by atoms with Crippen LogP contribution in [0.1, 0.15) is 15.9 Å². The lowest BCUT2D eigenvalue weighted by Crippen LogP contribution is -2.52. The van der Waals surface area contributed by atoms with Gasteiger partial charge in [-0.25, -0.2) is 9.97 Å². The van der Waals surface area contributed by atoms with Gasteiger partial charge < -0.3 is 25.2 Å². The number of hydrogen-bond acceptors (Lipinski definition) is 8. The number of nitrogens with zero attached hydrogens (tertiary/aromatic N) is 6. The minimum Gasteiger partial charge on any atom is -0.435 e. The van der Waals surface area contributed by atoms with Crippen LogP contribution in [-0.4, -0.2) is 81.9 Å². The van der Waals surface area contributed by atoms with Gasteiger partial charge in [-0.05, 0) is 55.0 Å². The van der Waals surface area contributed by atoms with E-state index in [0.717, 1.165) is 54.6 Å². The maximum atomic E-state index is 13.3. The predicted molar refractivity (Wildman–Crippen MR) is 147 cm³/mol. The number of imidazole rings is 1. The zero-order chi connectivity index (χ0) is 27.6. The van der Waals surface area contributed by atoms with E-state index in [4.69, 9.17) is 0 Å². The van der Waals surface area contributed by atoms with Crippen molar-refractivity contribution in [2.45, 2.75) is 13.5 Å². The first-order valence-corrected chi connectivity index (χ1v) is 13.0. The Morgan fingerprint density at radius 1 is 1.07 bits per heavy atom. The molecular formula is C28H28F2N8O2. The minimum absolute atomic E-state index is 0.0214. The molecule has 0 unspecified atom stereocenters. The average molecular weight is 547 g/mol. The molecule has 2 aromatic carbocycles.